The molecule has 1 aromatic carbocycles. The molecule has 2 unspecified atom stereocenters. The average Bonchev–Trinajstić information content (AvgIpc) is 3.11. The summed E-state index contributed by atoms with van der Waals surface area (Å²) in [4.78, 5) is 27.7. The molecule has 29 heavy (non-hydrogen) atoms. The smallest absolute Gasteiger partial charge is 0.270 e. The molecule has 12 heteroatoms. The minimum atomic E-state index is -3.51. The first kappa shape index (κ1) is 22.7. The molecule has 0 spiro atoms. The summed E-state index contributed by atoms with van der Waals surface area (Å²) in [5, 5.41) is 26.3. The Morgan fingerprint density at radius 1 is 1.14 bits per heavy atom. The maximum atomic E-state index is 12.0. The maximum Gasteiger partial charge on any atom is 0.270 e. The normalized spacial score (nSPS) is 13.3. The molecule has 0 aliphatic rings. The van der Waals surface area contributed by atoms with E-state index < -0.39 is 34.0 Å². The Bertz CT molecular complexity index is 932. The number of hydrogen-bond donors (Lipinski definition) is 5. The van der Waals surface area contributed by atoms with Gasteiger partial charge in [0.2, 0.25) is 15.9 Å². The molecule has 0 aliphatic carbocycles. The molecule has 0 bridgehead atoms. The van der Waals surface area contributed by atoms with Gasteiger partial charge >= 0.3 is 0 Å². The second-order valence-electron chi connectivity index (χ2n) is 6.22. The zero-order valence-electron chi connectivity index (χ0n) is 15.5. The van der Waals surface area contributed by atoms with Gasteiger partial charge in [-0.05, 0) is 5.56 Å². The van der Waals surface area contributed by atoms with Crippen LogP contribution < -0.4 is 15.4 Å². The Hall–Kier alpha value is -2.54. The third-order valence-corrected chi connectivity index (χ3v) is 5.10. The molecule has 10 nitrogen and oxygen atoms in total. The molecule has 0 saturated carbocycles. The average molecular weight is 443 g/mol. The summed E-state index contributed by atoms with van der Waals surface area (Å²) in [6, 6.07) is 9.22. The molecule has 0 aliphatic heterocycles. The van der Waals surface area contributed by atoms with Crippen molar-refractivity contribution in [2.45, 2.75) is 25.2 Å². The first-order valence-electron chi connectivity index (χ1n) is 8.52. The Morgan fingerprint density at radius 2 is 1.83 bits per heavy atom. The van der Waals surface area contributed by atoms with Crippen LogP contribution in [0.2, 0.25) is 0 Å². The highest BCUT2D eigenvalue weighted by Crippen LogP contribution is 2.16. The van der Waals surface area contributed by atoms with Crippen molar-refractivity contribution in [2.75, 3.05) is 17.5 Å². The number of carbonyl (C=O) groups is 2. The van der Waals surface area contributed by atoms with E-state index in [4.69, 9.17) is 0 Å². The van der Waals surface area contributed by atoms with Crippen LogP contribution in [0.1, 0.15) is 22.5 Å². The minimum Gasteiger partial charge on any atom is -0.390 e. The summed E-state index contributed by atoms with van der Waals surface area (Å²) in [6.07, 6.45) is -2.11. The monoisotopic (exact) mass is 442 g/mol. The predicted octanol–water partition coefficient (Wildman–Crippen LogP) is -0.327. The molecule has 2 rings (SSSR count). The van der Waals surface area contributed by atoms with Crippen molar-refractivity contribution in [1.29, 1.82) is 0 Å². The summed E-state index contributed by atoms with van der Waals surface area (Å²) in [5.74, 6) is -1.09. The van der Waals surface area contributed by atoms with E-state index >= 15 is 0 Å². The van der Waals surface area contributed by atoms with Crippen molar-refractivity contribution in [1.82, 2.24) is 15.6 Å². The second-order valence-corrected chi connectivity index (χ2v) is 8.83. The second kappa shape index (κ2) is 10.3. The quantitative estimate of drug-likeness (QED) is 0.337. The molecule has 1 aromatic heterocycles. The number of nitrogens with one attached hydrogen (secondary N) is 3. The molecule has 0 saturated heterocycles. The van der Waals surface area contributed by atoms with Gasteiger partial charge in [-0.1, -0.05) is 30.3 Å². The third-order valence-electron chi connectivity index (χ3n) is 3.65. The molecule has 158 valence electrons. The number of aliphatic hydroxyl groups is 2. The van der Waals surface area contributed by atoms with E-state index in [-0.39, 0.29) is 23.8 Å². The van der Waals surface area contributed by atoms with Crippen molar-refractivity contribution >= 4 is 38.3 Å². The standard InChI is InChI=1S/C17H22N4O6S2/c1-29(26,27)21-17-20-12(10-28-17)16(25)19-9-14(23)13(22)7-15(24)18-8-11-5-3-2-4-6-11/h2-6,10,13-14,22-23H,7-9H2,1H3,(H,18,24)(H,19,25)(H,20,21). The SMILES string of the molecule is CS(=O)(=O)Nc1nc(C(=O)NCC(O)C(O)CC(=O)NCc2ccccc2)cs1. The number of benzene rings is 1. The summed E-state index contributed by atoms with van der Waals surface area (Å²) in [6.45, 7) is -0.00870. The number of sulfonamides is 1. The zero-order chi connectivity index (χ0) is 21.4. The number of thiazole rings is 1. The summed E-state index contributed by atoms with van der Waals surface area (Å²) >= 11 is 0.930. The first-order chi connectivity index (χ1) is 13.6. The fraction of sp³-hybridized carbons (Fsp3) is 0.353. The van der Waals surface area contributed by atoms with Gasteiger partial charge < -0.3 is 20.8 Å². The van der Waals surface area contributed by atoms with Crippen molar-refractivity contribution in [3.8, 4) is 0 Å². The lowest BCUT2D eigenvalue weighted by atomic mass is 10.1. The highest BCUT2D eigenvalue weighted by Gasteiger charge is 2.21. The highest BCUT2D eigenvalue weighted by atomic mass is 32.2. The van der Waals surface area contributed by atoms with Gasteiger partial charge in [0, 0.05) is 18.5 Å². The highest BCUT2D eigenvalue weighted by molar-refractivity contribution is 7.92. The molecular formula is C17H22N4O6S2. The molecule has 0 fully saturated rings. The topological polar surface area (TPSA) is 158 Å². The van der Waals surface area contributed by atoms with E-state index in [9.17, 15) is 28.2 Å². The van der Waals surface area contributed by atoms with Crippen LogP contribution >= 0.6 is 11.3 Å². The lowest BCUT2D eigenvalue weighted by Gasteiger charge is -2.17. The van der Waals surface area contributed by atoms with Gasteiger partial charge in [0.1, 0.15) is 5.69 Å². The zero-order valence-corrected chi connectivity index (χ0v) is 17.2. The fourth-order valence-corrected chi connectivity index (χ4v) is 3.75. The Morgan fingerprint density at radius 3 is 2.48 bits per heavy atom. The van der Waals surface area contributed by atoms with Gasteiger partial charge in [0.25, 0.3) is 5.91 Å². The third kappa shape index (κ3) is 8.15. The van der Waals surface area contributed by atoms with Crippen molar-refractivity contribution in [3.63, 3.8) is 0 Å². The van der Waals surface area contributed by atoms with Gasteiger partial charge in [-0.25, -0.2) is 13.4 Å². The van der Waals surface area contributed by atoms with Crippen LogP contribution in [0, 0.1) is 0 Å². The van der Waals surface area contributed by atoms with E-state index in [0.29, 0.717) is 6.54 Å². The predicted molar refractivity (Wildman–Crippen MR) is 108 cm³/mol. The Kier molecular flexibility index (Phi) is 8.08. The molecule has 5 N–H and O–H groups in total. The number of nitrogens with zero attached hydrogens (tertiary/aromatic N) is 1. The van der Waals surface area contributed by atoms with Crippen molar-refractivity contribution in [2.24, 2.45) is 0 Å². The van der Waals surface area contributed by atoms with Crippen LogP contribution in [0.4, 0.5) is 5.13 Å². The molecular weight excluding hydrogens is 420 g/mol. The minimum absolute atomic E-state index is 0.0355. The van der Waals surface area contributed by atoms with Crippen LogP contribution in [-0.4, -0.2) is 60.4 Å². The first-order valence-corrected chi connectivity index (χ1v) is 11.3. The van der Waals surface area contributed by atoms with E-state index in [1.54, 1.807) is 0 Å². The van der Waals surface area contributed by atoms with Crippen LogP contribution in [0.5, 0.6) is 0 Å². The molecule has 2 atom stereocenters. The maximum absolute atomic E-state index is 12.0. The number of anilines is 1. The fourth-order valence-electron chi connectivity index (χ4n) is 2.20. The summed E-state index contributed by atoms with van der Waals surface area (Å²) < 4.78 is 24.4. The number of amides is 2. The molecule has 1 heterocycles. The van der Waals surface area contributed by atoms with Gasteiger partial charge in [-0.2, -0.15) is 0 Å². The Labute approximate surface area is 172 Å². The summed E-state index contributed by atoms with van der Waals surface area (Å²) in [5.41, 5.74) is 0.861. The number of hydrogen-bond acceptors (Lipinski definition) is 8. The number of aromatic nitrogens is 1. The van der Waals surface area contributed by atoms with Crippen molar-refractivity contribution < 1.29 is 28.2 Å². The number of aliphatic hydroxyl groups excluding tert-OH is 2. The van der Waals surface area contributed by atoms with Gasteiger partial charge in [-0.15, -0.1) is 11.3 Å². The lowest BCUT2D eigenvalue weighted by Crippen LogP contribution is -2.41. The molecule has 2 amide bonds. The van der Waals surface area contributed by atoms with E-state index in [1.807, 2.05) is 30.3 Å². The van der Waals surface area contributed by atoms with Crippen molar-refractivity contribution in [3.05, 3.63) is 47.0 Å². The van der Waals surface area contributed by atoms with Gasteiger partial charge in [0.15, 0.2) is 5.13 Å². The Balaban J connectivity index is 1.75. The van der Waals surface area contributed by atoms with Crippen LogP contribution in [0.25, 0.3) is 0 Å². The number of rotatable bonds is 10. The van der Waals surface area contributed by atoms with Crippen LogP contribution in [0.3, 0.4) is 0 Å². The van der Waals surface area contributed by atoms with Crippen LogP contribution in [0.15, 0.2) is 35.7 Å². The summed E-state index contributed by atoms with van der Waals surface area (Å²) in [7, 11) is -3.51. The molecule has 2 aromatic rings. The van der Waals surface area contributed by atoms with Gasteiger partial charge in [-0.3, -0.25) is 14.3 Å². The largest absolute Gasteiger partial charge is 0.390 e. The number of carbonyl (C=O) groups excluding carboxylic acids is 2. The van der Waals surface area contributed by atoms with E-state index in [0.717, 1.165) is 23.2 Å². The van der Waals surface area contributed by atoms with E-state index in [1.165, 1.54) is 5.38 Å². The van der Waals surface area contributed by atoms with E-state index in [2.05, 4.69) is 20.3 Å². The van der Waals surface area contributed by atoms with Crippen LogP contribution in [-0.2, 0) is 21.4 Å². The van der Waals surface area contributed by atoms with Gasteiger partial charge in [0.05, 0.1) is 24.9 Å². The lowest BCUT2D eigenvalue weighted by molar-refractivity contribution is -0.124. The molecule has 0 radical (unpaired) electrons.